The summed E-state index contributed by atoms with van der Waals surface area (Å²) in [5.41, 5.74) is 2.36. The van der Waals surface area contributed by atoms with E-state index in [0.29, 0.717) is 6.04 Å². The Balaban J connectivity index is 1.97. The average Bonchev–Trinajstić information content (AvgIpc) is 3.13. The van der Waals surface area contributed by atoms with Gasteiger partial charge in [0.05, 0.1) is 11.9 Å². The van der Waals surface area contributed by atoms with Crippen LogP contribution in [0.3, 0.4) is 0 Å². The number of anilines is 1. The minimum Gasteiger partial charge on any atom is -0.381 e. The first-order valence-electron chi connectivity index (χ1n) is 6.95. The van der Waals surface area contributed by atoms with Crippen molar-refractivity contribution in [3.8, 4) is 0 Å². The minimum atomic E-state index is 0.634. The van der Waals surface area contributed by atoms with Crippen LogP contribution in [0.4, 0.5) is 5.69 Å². The van der Waals surface area contributed by atoms with E-state index in [1.165, 1.54) is 31.2 Å². The van der Waals surface area contributed by atoms with E-state index in [1.807, 2.05) is 6.20 Å². The number of nitrogens with one attached hydrogen (secondary N) is 1. The average molecular weight is 311 g/mol. The minimum absolute atomic E-state index is 0.634. The second kappa shape index (κ2) is 6.05. The molecule has 1 unspecified atom stereocenters. The number of rotatable bonds is 6. The highest BCUT2D eigenvalue weighted by Crippen LogP contribution is 2.36. The van der Waals surface area contributed by atoms with Crippen molar-refractivity contribution in [1.82, 2.24) is 4.98 Å². The first-order chi connectivity index (χ1) is 8.56. The van der Waals surface area contributed by atoms with Crippen LogP contribution in [0.5, 0.6) is 0 Å². The lowest BCUT2D eigenvalue weighted by Gasteiger charge is -2.20. The van der Waals surface area contributed by atoms with E-state index in [9.17, 15) is 0 Å². The van der Waals surface area contributed by atoms with Crippen molar-refractivity contribution >= 4 is 21.6 Å². The molecule has 18 heavy (non-hydrogen) atoms. The molecule has 1 N–H and O–H groups in total. The van der Waals surface area contributed by atoms with Gasteiger partial charge in [-0.05, 0) is 72.0 Å². The predicted octanol–water partition coefficient (Wildman–Crippen LogP) is 4.78. The van der Waals surface area contributed by atoms with Gasteiger partial charge in [0.1, 0.15) is 4.60 Å². The maximum Gasteiger partial charge on any atom is 0.109 e. The Morgan fingerprint density at radius 3 is 2.67 bits per heavy atom. The third-order valence-electron chi connectivity index (χ3n) is 3.61. The van der Waals surface area contributed by atoms with E-state index < -0.39 is 0 Å². The van der Waals surface area contributed by atoms with Crippen LogP contribution in [0.2, 0.25) is 0 Å². The Morgan fingerprint density at radius 1 is 1.39 bits per heavy atom. The summed E-state index contributed by atoms with van der Waals surface area (Å²) in [6, 6.07) is 2.82. The van der Waals surface area contributed by atoms with Gasteiger partial charge >= 0.3 is 0 Å². The number of nitrogens with zero attached hydrogens (tertiary/aromatic N) is 1. The standard InChI is InChI=1S/C15H23BrN2/c1-10(2)4-7-14(12-5-6-12)18-13-8-11(3)15(16)17-9-13/h8-10,12,14,18H,4-7H2,1-3H3. The molecule has 1 aliphatic carbocycles. The van der Waals surface area contributed by atoms with Crippen molar-refractivity contribution < 1.29 is 0 Å². The van der Waals surface area contributed by atoms with Crippen LogP contribution in [0.25, 0.3) is 0 Å². The van der Waals surface area contributed by atoms with Crippen LogP contribution in [0.15, 0.2) is 16.9 Å². The largest absolute Gasteiger partial charge is 0.381 e. The molecule has 0 bridgehead atoms. The molecule has 0 aliphatic heterocycles. The quantitative estimate of drug-likeness (QED) is 0.765. The molecule has 1 aliphatic rings. The van der Waals surface area contributed by atoms with Crippen molar-refractivity contribution in [2.75, 3.05) is 5.32 Å². The number of pyridine rings is 1. The first kappa shape index (κ1) is 13.9. The number of hydrogen-bond acceptors (Lipinski definition) is 2. The Hall–Kier alpha value is -0.570. The molecule has 1 saturated carbocycles. The van der Waals surface area contributed by atoms with E-state index in [0.717, 1.165) is 22.1 Å². The van der Waals surface area contributed by atoms with Crippen molar-refractivity contribution in [2.45, 2.75) is 52.5 Å². The fourth-order valence-electron chi connectivity index (χ4n) is 2.29. The normalized spacial score (nSPS) is 16.9. The summed E-state index contributed by atoms with van der Waals surface area (Å²) < 4.78 is 0.943. The van der Waals surface area contributed by atoms with Gasteiger partial charge < -0.3 is 5.32 Å². The smallest absolute Gasteiger partial charge is 0.109 e. The van der Waals surface area contributed by atoms with Gasteiger partial charge in [-0.1, -0.05) is 13.8 Å². The van der Waals surface area contributed by atoms with E-state index in [-0.39, 0.29) is 0 Å². The van der Waals surface area contributed by atoms with Crippen molar-refractivity contribution in [2.24, 2.45) is 11.8 Å². The monoisotopic (exact) mass is 310 g/mol. The first-order valence-corrected chi connectivity index (χ1v) is 7.74. The van der Waals surface area contributed by atoms with Gasteiger partial charge in [0.15, 0.2) is 0 Å². The highest BCUT2D eigenvalue weighted by Gasteiger charge is 2.30. The predicted molar refractivity (Wildman–Crippen MR) is 80.9 cm³/mol. The summed E-state index contributed by atoms with van der Waals surface area (Å²) in [5, 5.41) is 3.68. The molecule has 0 amide bonds. The molecule has 1 atom stereocenters. The van der Waals surface area contributed by atoms with Crippen LogP contribution in [0.1, 0.15) is 45.1 Å². The molecule has 1 fully saturated rings. The molecular formula is C15H23BrN2. The maximum atomic E-state index is 4.36. The molecule has 0 aromatic carbocycles. The van der Waals surface area contributed by atoms with Gasteiger partial charge in [-0.15, -0.1) is 0 Å². The lowest BCUT2D eigenvalue weighted by molar-refractivity contribution is 0.486. The second-order valence-corrected chi connectivity index (χ2v) is 6.64. The third kappa shape index (κ3) is 3.98. The van der Waals surface area contributed by atoms with Crippen LogP contribution in [-0.4, -0.2) is 11.0 Å². The topological polar surface area (TPSA) is 24.9 Å². The number of aromatic nitrogens is 1. The van der Waals surface area contributed by atoms with E-state index in [1.54, 1.807) is 0 Å². The summed E-state index contributed by atoms with van der Waals surface area (Å²) in [4.78, 5) is 4.36. The molecule has 0 saturated heterocycles. The summed E-state index contributed by atoms with van der Waals surface area (Å²) in [6.45, 7) is 6.69. The van der Waals surface area contributed by atoms with E-state index in [2.05, 4.69) is 53.1 Å². The summed E-state index contributed by atoms with van der Waals surface area (Å²) >= 11 is 3.45. The fraction of sp³-hybridized carbons (Fsp3) is 0.667. The molecule has 0 spiro atoms. The highest BCUT2D eigenvalue weighted by atomic mass is 79.9. The zero-order valence-corrected chi connectivity index (χ0v) is 13.1. The number of halogens is 1. The Bertz CT molecular complexity index is 399. The molecule has 1 aromatic heterocycles. The Morgan fingerprint density at radius 2 is 2.11 bits per heavy atom. The van der Waals surface area contributed by atoms with Gasteiger partial charge in [-0.3, -0.25) is 0 Å². The zero-order valence-electron chi connectivity index (χ0n) is 11.5. The Kier molecular flexibility index (Phi) is 4.66. The molecule has 2 rings (SSSR count). The van der Waals surface area contributed by atoms with Gasteiger partial charge in [-0.25, -0.2) is 4.98 Å². The molecule has 100 valence electrons. The van der Waals surface area contributed by atoms with Crippen molar-refractivity contribution in [3.05, 3.63) is 22.4 Å². The Labute approximate surface area is 119 Å². The third-order valence-corrected chi connectivity index (χ3v) is 4.44. The van der Waals surface area contributed by atoms with Gasteiger partial charge in [0.25, 0.3) is 0 Å². The SMILES string of the molecule is Cc1cc(NC(CCC(C)C)C2CC2)cnc1Br. The van der Waals surface area contributed by atoms with Gasteiger partial charge in [-0.2, -0.15) is 0 Å². The van der Waals surface area contributed by atoms with Gasteiger partial charge in [0, 0.05) is 6.04 Å². The van der Waals surface area contributed by atoms with E-state index >= 15 is 0 Å². The molecule has 0 radical (unpaired) electrons. The fourth-order valence-corrected chi connectivity index (χ4v) is 2.51. The van der Waals surface area contributed by atoms with Crippen molar-refractivity contribution in [1.29, 1.82) is 0 Å². The summed E-state index contributed by atoms with van der Waals surface area (Å²) in [7, 11) is 0. The molecule has 1 heterocycles. The molecule has 1 aromatic rings. The maximum absolute atomic E-state index is 4.36. The van der Waals surface area contributed by atoms with E-state index in [4.69, 9.17) is 0 Å². The molecule has 2 nitrogen and oxygen atoms in total. The number of aryl methyl sites for hydroxylation is 1. The van der Waals surface area contributed by atoms with Crippen LogP contribution in [-0.2, 0) is 0 Å². The van der Waals surface area contributed by atoms with Crippen molar-refractivity contribution in [3.63, 3.8) is 0 Å². The lowest BCUT2D eigenvalue weighted by Crippen LogP contribution is -2.22. The molecule has 3 heteroatoms. The molecular weight excluding hydrogens is 288 g/mol. The zero-order chi connectivity index (χ0) is 13.1. The van der Waals surface area contributed by atoms with Crippen LogP contribution >= 0.6 is 15.9 Å². The summed E-state index contributed by atoms with van der Waals surface area (Å²) in [5.74, 6) is 1.67. The summed E-state index contributed by atoms with van der Waals surface area (Å²) in [6.07, 6.45) is 7.29. The van der Waals surface area contributed by atoms with Crippen LogP contribution < -0.4 is 5.32 Å². The highest BCUT2D eigenvalue weighted by molar-refractivity contribution is 9.10. The number of hydrogen-bond donors (Lipinski definition) is 1. The van der Waals surface area contributed by atoms with Crippen LogP contribution in [0, 0.1) is 18.8 Å². The second-order valence-electron chi connectivity index (χ2n) is 5.89. The van der Waals surface area contributed by atoms with Gasteiger partial charge in [0.2, 0.25) is 0 Å². The lowest BCUT2D eigenvalue weighted by atomic mass is 10.00.